The Labute approximate surface area is 180 Å². The van der Waals surface area contributed by atoms with Crippen LogP contribution in [0.1, 0.15) is 5.56 Å². The first-order chi connectivity index (χ1) is 15.1. The number of nitrogens with one attached hydrogen (secondary N) is 1. The number of methoxy groups -OCH3 is 1. The number of amides is 2. The average molecular weight is 421 g/mol. The largest absolute Gasteiger partial charge is 0.495 e. The number of nitriles is 1. The minimum atomic E-state index is -0.323. The van der Waals surface area contributed by atoms with Crippen molar-refractivity contribution < 1.29 is 23.8 Å². The molecular formula is C23H23N3O5. The van der Waals surface area contributed by atoms with E-state index in [1.54, 1.807) is 47.4 Å². The maximum Gasteiger partial charge on any atom is 0.264 e. The molecule has 0 saturated carbocycles. The van der Waals surface area contributed by atoms with Crippen LogP contribution in [-0.2, 0) is 14.3 Å². The number of para-hydroxylation sites is 2. The van der Waals surface area contributed by atoms with Crippen molar-refractivity contribution in [1.29, 1.82) is 5.26 Å². The first-order valence-corrected chi connectivity index (χ1v) is 9.75. The number of hydrogen-bond donors (Lipinski definition) is 1. The molecule has 1 N–H and O–H groups in total. The van der Waals surface area contributed by atoms with E-state index in [1.165, 1.54) is 13.2 Å². The zero-order valence-corrected chi connectivity index (χ0v) is 17.2. The molecule has 2 aromatic carbocycles. The molecule has 0 bridgehead atoms. The Morgan fingerprint density at radius 3 is 2.55 bits per heavy atom. The van der Waals surface area contributed by atoms with Crippen molar-refractivity contribution in [3.63, 3.8) is 0 Å². The number of carbonyl (C=O) groups is 2. The van der Waals surface area contributed by atoms with Gasteiger partial charge in [-0.1, -0.05) is 24.3 Å². The van der Waals surface area contributed by atoms with E-state index in [4.69, 9.17) is 14.2 Å². The Hall–Kier alpha value is -3.83. The van der Waals surface area contributed by atoms with Gasteiger partial charge in [0.15, 0.2) is 6.61 Å². The minimum Gasteiger partial charge on any atom is -0.495 e. The molecule has 8 heteroatoms. The zero-order valence-electron chi connectivity index (χ0n) is 17.2. The van der Waals surface area contributed by atoms with E-state index in [-0.39, 0.29) is 24.0 Å². The van der Waals surface area contributed by atoms with Crippen molar-refractivity contribution in [2.24, 2.45) is 0 Å². The summed E-state index contributed by atoms with van der Waals surface area (Å²) in [7, 11) is 1.53. The molecule has 0 unspecified atom stereocenters. The summed E-state index contributed by atoms with van der Waals surface area (Å²) in [5, 5.41) is 12.1. The topological polar surface area (TPSA) is 101 Å². The molecule has 3 rings (SSSR count). The number of anilines is 1. The molecule has 0 aromatic heterocycles. The number of carbonyl (C=O) groups excluding carboxylic acids is 2. The van der Waals surface area contributed by atoms with E-state index in [2.05, 4.69) is 5.32 Å². The quantitative estimate of drug-likeness (QED) is 0.545. The number of benzene rings is 2. The first-order valence-electron chi connectivity index (χ1n) is 9.75. The highest BCUT2D eigenvalue weighted by atomic mass is 16.5. The van der Waals surface area contributed by atoms with Gasteiger partial charge in [0.25, 0.3) is 11.8 Å². The summed E-state index contributed by atoms with van der Waals surface area (Å²) in [5.74, 6) is 0.424. The van der Waals surface area contributed by atoms with Crippen LogP contribution in [0.2, 0.25) is 0 Å². The number of hydrogen-bond acceptors (Lipinski definition) is 6. The standard InChI is InChI=1S/C23H23N3O5/c1-29-21-5-3-2-4-20(21)25-22(27)16-31-19-8-6-17(7-9-19)14-18(15-24)23(28)26-10-12-30-13-11-26/h2-9,14H,10-13,16H2,1H3,(H,25,27)/b18-14-. The van der Waals surface area contributed by atoms with Crippen molar-refractivity contribution in [3.8, 4) is 17.6 Å². The van der Waals surface area contributed by atoms with Gasteiger partial charge in [-0.2, -0.15) is 5.26 Å². The lowest BCUT2D eigenvalue weighted by Crippen LogP contribution is -2.41. The summed E-state index contributed by atoms with van der Waals surface area (Å²) < 4.78 is 16.0. The van der Waals surface area contributed by atoms with Crippen LogP contribution in [0.5, 0.6) is 11.5 Å². The van der Waals surface area contributed by atoms with Crippen molar-refractivity contribution in [1.82, 2.24) is 4.90 Å². The smallest absolute Gasteiger partial charge is 0.264 e. The molecular weight excluding hydrogens is 398 g/mol. The predicted molar refractivity (Wildman–Crippen MR) is 115 cm³/mol. The Morgan fingerprint density at radius 1 is 1.16 bits per heavy atom. The van der Waals surface area contributed by atoms with Crippen LogP contribution in [0.15, 0.2) is 54.1 Å². The highest BCUT2D eigenvalue weighted by Crippen LogP contribution is 2.23. The summed E-state index contributed by atoms with van der Waals surface area (Å²) in [5.41, 5.74) is 1.31. The van der Waals surface area contributed by atoms with E-state index in [0.717, 1.165) is 0 Å². The van der Waals surface area contributed by atoms with Crippen LogP contribution in [0.3, 0.4) is 0 Å². The number of nitrogens with zero attached hydrogens (tertiary/aromatic N) is 2. The molecule has 8 nitrogen and oxygen atoms in total. The molecule has 31 heavy (non-hydrogen) atoms. The number of morpholine rings is 1. The maximum atomic E-state index is 12.5. The molecule has 0 radical (unpaired) electrons. The predicted octanol–water partition coefficient (Wildman–Crippen LogP) is 2.48. The van der Waals surface area contributed by atoms with E-state index >= 15 is 0 Å². The van der Waals surface area contributed by atoms with Crippen LogP contribution in [0, 0.1) is 11.3 Å². The van der Waals surface area contributed by atoms with E-state index < -0.39 is 0 Å². The van der Waals surface area contributed by atoms with E-state index in [1.807, 2.05) is 12.1 Å². The summed E-state index contributed by atoms with van der Waals surface area (Å²) in [6.07, 6.45) is 1.54. The third kappa shape index (κ3) is 6.07. The minimum absolute atomic E-state index is 0.0618. The maximum absolute atomic E-state index is 12.5. The molecule has 1 fully saturated rings. The molecule has 0 aliphatic carbocycles. The lowest BCUT2D eigenvalue weighted by molar-refractivity contribution is -0.130. The fraction of sp³-hybridized carbons (Fsp3) is 0.261. The van der Waals surface area contributed by atoms with Gasteiger partial charge in [0.2, 0.25) is 0 Å². The van der Waals surface area contributed by atoms with Gasteiger partial charge < -0.3 is 24.4 Å². The van der Waals surface area contributed by atoms with Gasteiger partial charge in [-0.05, 0) is 35.9 Å². The Kier molecular flexibility index (Phi) is 7.62. The van der Waals surface area contributed by atoms with Crippen molar-refractivity contribution in [2.75, 3.05) is 45.3 Å². The highest BCUT2D eigenvalue weighted by Gasteiger charge is 2.20. The molecule has 2 amide bonds. The van der Waals surface area contributed by atoms with Gasteiger partial charge in [0.1, 0.15) is 23.1 Å². The van der Waals surface area contributed by atoms with Gasteiger partial charge >= 0.3 is 0 Å². The van der Waals surface area contributed by atoms with Gasteiger partial charge in [-0.3, -0.25) is 9.59 Å². The van der Waals surface area contributed by atoms with Crippen LogP contribution < -0.4 is 14.8 Å². The summed E-state index contributed by atoms with van der Waals surface area (Å²) in [4.78, 5) is 26.2. The van der Waals surface area contributed by atoms with Gasteiger partial charge in [0, 0.05) is 13.1 Å². The molecule has 160 valence electrons. The van der Waals surface area contributed by atoms with E-state index in [9.17, 15) is 14.9 Å². The average Bonchev–Trinajstić information content (AvgIpc) is 2.82. The summed E-state index contributed by atoms with van der Waals surface area (Å²) in [6.45, 7) is 1.72. The SMILES string of the molecule is COc1ccccc1NC(=O)COc1ccc(/C=C(/C#N)C(=O)N2CCOCC2)cc1. The summed E-state index contributed by atoms with van der Waals surface area (Å²) in [6, 6.07) is 15.9. The lowest BCUT2D eigenvalue weighted by atomic mass is 10.1. The Bertz CT molecular complexity index is 989. The monoisotopic (exact) mass is 421 g/mol. The van der Waals surface area contributed by atoms with Gasteiger partial charge in [0.05, 0.1) is 26.0 Å². The normalized spacial score (nSPS) is 13.8. The second kappa shape index (κ2) is 10.8. The van der Waals surface area contributed by atoms with E-state index in [0.29, 0.717) is 49.1 Å². The second-order valence-corrected chi connectivity index (χ2v) is 6.68. The van der Waals surface area contributed by atoms with Crippen molar-refractivity contribution >= 4 is 23.6 Å². The van der Waals surface area contributed by atoms with Gasteiger partial charge in [-0.25, -0.2) is 0 Å². The zero-order chi connectivity index (χ0) is 22.1. The molecule has 2 aromatic rings. The van der Waals surface area contributed by atoms with Gasteiger partial charge in [-0.15, -0.1) is 0 Å². The highest BCUT2D eigenvalue weighted by molar-refractivity contribution is 6.01. The Balaban J connectivity index is 1.57. The number of rotatable bonds is 7. The number of ether oxygens (including phenoxy) is 3. The molecule has 1 saturated heterocycles. The molecule has 1 heterocycles. The molecule has 1 aliphatic rings. The van der Waals surface area contributed by atoms with Crippen molar-refractivity contribution in [3.05, 3.63) is 59.7 Å². The third-order valence-corrected chi connectivity index (χ3v) is 4.59. The summed E-state index contributed by atoms with van der Waals surface area (Å²) >= 11 is 0. The van der Waals surface area contributed by atoms with Crippen molar-refractivity contribution in [2.45, 2.75) is 0 Å². The third-order valence-electron chi connectivity index (χ3n) is 4.59. The van der Waals surface area contributed by atoms with Crippen LogP contribution in [0.25, 0.3) is 6.08 Å². The fourth-order valence-corrected chi connectivity index (χ4v) is 2.99. The fourth-order valence-electron chi connectivity index (χ4n) is 2.99. The Morgan fingerprint density at radius 2 is 1.87 bits per heavy atom. The van der Waals surface area contributed by atoms with Crippen LogP contribution in [0.4, 0.5) is 5.69 Å². The first kappa shape index (κ1) is 21.9. The lowest BCUT2D eigenvalue weighted by Gasteiger charge is -2.26. The van der Waals surface area contributed by atoms with Crippen LogP contribution >= 0.6 is 0 Å². The molecule has 0 spiro atoms. The molecule has 1 aliphatic heterocycles. The second-order valence-electron chi connectivity index (χ2n) is 6.68. The van der Waals surface area contributed by atoms with Crippen LogP contribution in [-0.4, -0.2) is 56.7 Å². The molecule has 0 atom stereocenters.